The summed E-state index contributed by atoms with van der Waals surface area (Å²) in [5, 5.41) is 3.84. The van der Waals surface area contributed by atoms with Crippen LogP contribution in [0.25, 0.3) is 0 Å². The molecule has 158 valence electrons. The Labute approximate surface area is 189 Å². The molecule has 6 nitrogen and oxygen atoms in total. The average molecular weight is 491 g/mol. The number of esters is 1. The fourth-order valence-corrected chi connectivity index (χ4v) is 4.99. The molecule has 0 radical (unpaired) electrons. The van der Waals surface area contributed by atoms with Crippen molar-refractivity contribution < 1.29 is 19.0 Å². The Morgan fingerprint density at radius 1 is 1.23 bits per heavy atom. The van der Waals surface area contributed by atoms with Crippen LogP contribution in [0.4, 0.5) is 5.69 Å². The van der Waals surface area contributed by atoms with Crippen LogP contribution in [0.15, 0.2) is 46.9 Å². The summed E-state index contributed by atoms with van der Waals surface area (Å²) in [6, 6.07) is 13.0. The lowest BCUT2D eigenvalue weighted by Crippen LogP contribution is -2.71. The third-order valence-electron chi connectivity index (χ3n) is 5.41. The van der Waals surface area contributed by atoms with Crippen molar-refractivity contribution in [3.8, 4) is 11.5 Å². The molecule has 1 N–H and O–H groups in total. The Balaban J connectivity index is 1.83. The van der Waals surface area contributed by atoms with Gasteiger partial charge < -0.3 is 19.5 Å². The number of anilines is 1. The summed E-state index contributed by atoms with van der Waals surface area (Å²) in [4.78, 5) is 14.9. The number of benzene rings is 2. The molecule has 2 aromatic rings. The zero-order chi connectivity index (χ0) is 21.5. The van der Waals surface area contributed by atoms with Gasteiger partial charge in [0.2, 0.25) is 5.72 Å². The van der Waals surface area contributed by atoms with E-state index in [9.17, 15) is 4.79 Å². The molecule has 2 bridgehead atoms. The first-order valence-corrected chi connectivity index (χ1v) is 11.1. The number of rotatable bonds is 5. The number of carbonyl (C=O) groups excluding carboxylic acids is 1. The van der Waals surface area contributed by atoms with Crippen molar-refractivity contribution in [2.75, 3.05) is 18.1 Å². The first kappa shape index (κ1) is 20.9. The number of nitrogens with zero attached hydrogens (tertiary/aromatic N) is 1. The molecular formula is C22H23BrN2O4S. The number of ether oxygens (including phenoxy) is 3. The van der Waals surface area contributed by atoms with Gasteiger partial charge >= 0.3 is 5.97 Å². The molecule has 2 heterocycles. The lowest BCUT2D eigenvalue weighted by Gasteiger charge is -2.55. The molecule has 8 heteroatoms. The van der Waals surface area contributed by atoms with Crippen LogP contribution in [-0.4, -0.2) is 30.0 Å². The molecule has 4 rings (SSSR count). The number of thiocarbonyl (C=S) groups is 1. The number of fused-ring (bicyclic) bond motifs is 4. The number of nitrogens with one attached hydrogen (secondary N) is 1. The predicted octanol–water partition coefficient (Wildman–Crippen LogP) is 4.57. The maximum absolute atomic E-state index is 13.1. The van der Waals surface area contributed by atoms with E-state index in [1.807, 2.05) is 61.2 Å². The molecule has 0 unspecified atom stereocenters. The predicted molar refractivity (Wildman–Crippen MR) is 122 cm³/mol. The molecule has 2 aromatic carbocycles. The molecule has 1 saturated heterocycles. The van der Waals surface area contributed by atoms with E-state index in [2.05, 4.69) is 21.2 Å². The van der Waals surface area contributed by atoms with Crippen LogP contribution < -0.4 is 19.7 Å². The minimum atomic E-state index is -1.06. The lowest BCUT2D eigenvalue weighted by atomic mass is 9.79. The Morgan fingerprint density at radius 3 is 2.63 bits per heavy atom. The number of halogens is 1. The first-order valence-electron chi connectivity index (χ1n) is 9.87. The van der Waals surface area contributed by atoms with Crippen LogP contribution in [-0.2, 0) is 9.53 Å². The van der Waals surface area contributed by atoms with Gasteiger partial charge in [0.25, 0.3) is 0 Å². The molecule has 0 spiro atoms. The second kappa shape index (κ2) is 8.07. The molecule has 2 aliphatic rings. The Hall–Kier alpha value is -2.32. The Bertz CT molecular complexity index is 984. The molecule has 3 atom stereocenters. The molecule has 0 aromatic heterocycles. The topological polar surface area (TPSA) is 60.0 Å². The van der Waals surface area contributed by atoms with Crippen molar-refractivity contribution in [3.05, 3.63) is 52.5 Å². The largest absolute Gasteiger partial charge is 0.494 e. The van der Waals surface area contributed by atoms with Gasteiger partial charge in [-0.3, -0.25) is 9.69 Å². The lowest BCUT2D eigenvalue weighted by molar-refractivity contribution is -0.159. The Morgan fingerprint density at radius 2 is 1.97 bits per heavy atom. The Kier molecular flexibility index (Phi) is 5.63. The summed E-state index contributed by atoms with van der Waals surface area (Å²) < 4.78 is 18.4. The van der Waals surface area contributed by atoms with Crippen molar-refractivity contribution in [1.29, 1.82) is 0 Å². The number of hydrogen-bond donors (Lipinski definition) is 1. The minimum absolute atomic E-state index is 0.289. The summed E-state index contributed by atoms with van der Waals surface area (Å²) in [7, 11) is 0. The SMILES string of the molecule is CCOC(=O)[C@@H]1[C@H]2NC(=S)N(c3ccc(OCC)cc3)[C@@]1(C)Oc1ccc(Br)cc12. The van der Waals surface area contributed by atoms with Crippen LogP contribution in [0.1, 0.15) is 32.4 Å². The van der Waals surface area contributed by atoms with Gasteiger partial charge in [0.1, 0.15) is 17.4 Å². The van der Waals surface area contributed by atoms with E-state index in [0.717, 1.165) is 21.5 Å². The van der Waals surface area contributed by atoms with E-state index in [1.165, 1.54) is 0 Å². The van der Waals surface area contributed by atoms with E-state index < -0.39 is 11.6 Å². The molecule has 30 heavy (non-hydrogen) atoms. The first-order chi connectivity index (χ1) is 14.4. The molecule has 0 saturated carbocycles. The smallest absolute Gasteiger partial charge is 0.317 e. The van der Waals surface area contributed by atoms with Crippen molar-refractivity contribution in [2.45, 2.75) is 32.5 Å². The van der Waals surface area contributed by atoms with E-state index in [0.29, 0.717) is 17.5 Å². The molecule has 2 aliphatic heterocycles. The monoisotopic (exact) mass is 490 g/mol. The van der Waals surface area contributed by atoms with Gasteiger partial charge in [0.15, 0.2) is 5.11 Å². The van der Waals surface area contributed by atoms with Gasteiger partial charge in [-0.05, 0) is 75.5 Å². The zero-order valence-corrected chi connectivity index (χ0v) is 19.4. The van der Waals surface area contributed by atoms with Crippen molar-refractivity contribution in [2.24, 2.45) is 5.92 Å². The second-order valence-electron chi connectivity index (χ2n) is 7.26. The van der Waals surface area contributed by atoms with Gasteiger partial charge in [-0.15, -0.1) is 0 Å². The van der Waals surface area contributed by atoms with E-state index in [4.69, 9.17) is 26.4 Å². The molecular weight excluding hydrogens is 468 g/mol. The second-order valence-corrected chi connectivity index (χ2v) is 8.56. The van der Waals surface area contributed by atoms with Gasteiger partial charge in [-0.1, -0.05) is 15.9 Å². The van der Waals surface area contributed by atoms with Crippen molar-refractivity contribution in [3.63, 3.8) is 0 Å². The van der Waals surface area contributed by atoms with Crippen molar-refractivity contribution >= 4 is 44.9 Å². The summed E-state index contributed by atoms with van der Waals surface area (Å²) in [5.74, 6) is 0.512. The van der Waals surface area contributed by atoms with Gasteiger partial charge in [-0.2, -0.15) is 0 Å². The highest BCUT2D eigenvalue weighted by molar-refractivity contribution is 9.10. The van der Waals surface area contributed by atoms with Gasteiger partial charge in [0.05, 0.1) is 19.3 Å². The highest BCUT2D eigenvalue weighted by Gasteiger charge is 2.59. The molecule has 0 amide bonds. The quantitative estimate of drug-likeness (QED) is 0.486. The minimum Gasteiger partial charge on any atom is -0.494 e. The number of hydrogen-bond acceptors (Lipinski definition) is 5. The van der Waals surface area contributed by atoms with Crippen LogP contribution in [0.3, 0.4) is 0 Å². The average Bonchev–Trinajstić information content (AvgIpc) is 2.70. The maximum atomic E-state index is 13.1. The third kappa shape index (κ3) is 3.41. The fourth-order valence-electron chi connectivity index (χ4n) is 4.19. The van der Waals surface area contributed by atoms with Crippen molar-refractivity contribution in [1.82, 2.24) is 5.32 Å². The summed E-state index contributed by atoms with van der Waals surface area (Å²) in [6.07, 6.45) is 0. The van der Waals surface area contributed by atoms with Crippen LogP contribution in [0.5, 0.6) is 11.5 Å². The zero-order valence-electron chi connectivity index (χ0n) is 17.0. The third-order valence-corrected chi connectivity index (χ3v) is 6.20. The van der Waals surface area contributed by atoms with Crippen LogP contribution >= 0.6 is 28.1 Å². The highest BCUT2D eigenvalue weighted by Crippen LogP contribution is 2.50. The van der Waals surface area contributed by atoms with Gasteiger partial charge in [0, 0.05) is 15.7 Å². The van der Waals surface area contributed by atoms with E-state index in [1.54, 1.807) is 6.92 Å². The standard InChI is InChI=1S/C22H23BrN2O4S/c1-4-27-15-9-7-14(8-10-15)25-21(30)24-19-16-12-13(23)6-11-17(16)29-22(25,3)18(19)20(26)28-5-2/h6-12,18-19H,4-5H2,1-3H3,(H,24,30)/t18-,19-,22-/m0/s1. The summed E-state index contributed by atoms with van der Waals surface area (Å²) in [6.45, 7) is 6.50. The fraction of sp³-hybridized carbons (Fsp3) is 0.364. The van der Waals surface area contributed by atoms with Crippen LogP contribution in [0, 0.1) is 5.92 Å². The van der Waals surface area contributed by atoms with E-state index in [-0.39, 0.29) is 18.6 Å². The normalized spacial score (nSPS) is 24.4. The van der Waals surface area contributed by atoms with Crippen LogP contribution in [0.2, 0.25) is 0 Å². The number of carbonyl (C=O) groups is 1. The summed E-state index contributed by atoms with van der Waals surface area (Å²) in [5.41, 5.74) is 0.605. The van der Waals surface area contributed by atoms with E-state index >= 15 is 0 Å². The highest BCUT2D eigenvalue weighted by atomic mass is 79.9. The van der Waals surface area contributed by atoms with Gasteiger partial charge in [-0.25, -0.2) is 0 Å². The molecule has 0 aliphatic carbocycles. The molecule has 1 fully saturated rings. The summed E-state index contributed by atoms with van der Waals surface area (Å²) >= 11 is 9.24. The maximum Gasteiger partial charge on any atom is 0.317 e.